The summed E-state index contributed by atoms with van der Waals surface area (Å²) < 4.78 is 12.6. The first-order valence-electron chi connectivity index (χ1n) is 23.2. The van der Waals surface area contributed by atoms with Crippen LogP contribution >= 0.6 is 22.7 Å². The highest BCUT2D eigenvalue weighted by molar-refractivity contribution is 7.12. The van der Waals surface area contributed by atoms with Crippen molar-refractivity contribution < 1.29 is 47.8 Å². The molecule has 14 nitrogen and oxygen atoms in total. The molecule has 18 heteroatoms. The van der Waals surface area contributed by atoms with E-state index in [0.717, 1.165) is 25.4 Å². The van der Waals surface area contributed by atoms with Crippen molar-refractivity contribution in [1.82, 2.24) is 15.2 Å². The first-order chi connectivity index (χ1) is 33.3. The van der Waals surface area contributed by atoms with Crippen molar-refractivity contribution in [3.63, 3.8) is 0 Å². The molecule has 0 fully saturated rings. The number of aliphatic carboxylic acids is 1. The van der Waals surface area contributed by atoms with Gasteiger partial charge in [0.15, 0.2) is 16.6 Å². The van der Waals surface area contributed by atoms with Gasteiger partial charge in [0.2, 0.25) is 5.91 Å². The molecule has 0 saturated carbocycles. The summed E-state index contributed by atoms with van der Waals surface area (Å²) in [7, 11) is -3.88. The third kappa shape index (κ3) is 13.0. The molecule has 0 aliphatic carbocycles. The van der Waals surface area contributed by atoms with Crippen molar-refractivity contribution in [2.45, 2.75) is 103 Å². The van der Waals surface area contributed by atoms with Gasteiger partial charge >= 0.3 is 11.9 Å². The molecule has 0 saturated heterocycles. The van der Waals surface area contributed by atoms with Gasteiger partial charge in [0.25, 0.3) is 17.7 Å². The molecule has 3 aromatic heterocycles. The first-order valence-corrected chi connectivity index (χ1v) is 30.6. The van der Waals surface area contributed by atoms with Crippen LogP contribution in [0.5, 0.6) is 0 Å². The summed E-state index contributed by atoms with van der Waals surface area (Å²) in [6.45, 7) is 22.5. The molecule has 4 N–H and O–H groups in total. The van der Waals surface area contributed by atoms with Crippen LogP contribution in [0.4, 0.5) is 5.69 Å². The fourth-order valence-corrected chi connectivity index (χ4v) is 11.1. The molecule has 4 heterocycles. The molecule has 71 heavy (non-hydrogen) atoms. The maximum absolute atomic E-state index is 13.8. The molecule has 0 spiro atoms. The molecular formula is C53H62N4O10S2Si2. The predicted molar refractivity (Wildman–Crippen MR) is 284 cm³/mol. The zero-order valence-corrected chi connectivity index (χ0v) is 45.4. The number of carboxylic acid groups (broad SMARTS) is 2. The number of benzene rings is 3. The Morgan fingerprint density at radius 3 is 1.72 bits per heavy atom. The third-order valence-corrected chi connectivity index (χ3v) is 24.8. The minimum absolute atomic E-state index is 0.00576. The predicted octanol–water partition coefficient (Wildman–Crippen LogP) is 11.4. The average molecular weight is 1040 g/mol. The Balaban J connectivity index is 0.000000241. The lowest BCUT2D eigenvalue weighted by molar-refractivity contribution is -0.138. The third-order valence-electron chi connectivity index (χ3n) is 13.4. The molecule has 3 aromatic carbocycles. The Bertz CT molecular complexity index is 2920. The van der Waals surface area contributed by atoms with Crippen LogP contribution in [0.25, 0.3) is 10.8 Å². The lowest BCUT2D eigenvalue weighted by Gasteiger charge is -2.36. The van der Waals surface area contributed by atoms with Gasteiger partial charge in [-0.3, -0.25) is 33.9 Å². The second kappa shape index (κ2) is 22.1. The Labute approximate surface area is 424 Å². The molecule has 374 valence electrons. The van der Waals surface area contributed by atoms with E-state index < -0.39 is 46.3 Å². The molecule has 7 rings (SSSR count). The van der Waals surface area contributed by atoms with Crippen molar-refractivity contribution in [2.24, 2.45) is 0 Å². The molecule has 1 aliphatic rings. The number of pyridine rings is 1. The molecule has 4 amide bonds. The molecule has 2 atom stereocenters. The van der Waals surface area contributed by atoms with E-state index in [1.165, 1.54) is 45.8 Å². The minimum Gasteiger partial charge on any atom is -0.481 e. The van der Waals surface area contributed by atoms with E-state index in [0.29, 0.717) is 34.9 Å². The molecule has 6 aromatic rings. The maximum atomic E-state index is 13.8. The number of carboxylic acids is 2. The van der Waals surface area contributed by atoms with Crippen molar-refractivity contribution in [3.05, 3.63) is 151 Å². The first kappa shape index (κ1) is 54.2. The zero-order chi connectivity index (χ0) is 52.1. The van der Waals surface area contributed by atoms with Crippen LogP contribution in [-0.4, -0.2) is 85.4 Å². The number of nitrogens with one attached hydrogen (secondary N) is 2. The van der Waals surface area contributed by atoms with E-state index in [9.17, 15) is 39.0 Å². The number of aromatic carboxylic acids is 1. The lowest BCUT2D eigenvalue weighted by Crippen LogP contribution is -2.40. The number of anilines is 1. The van der Waals surface area contributed by atoms with Gasteiger partial charge in [0.05, 0.1) is 41.4 Å². The van der Waals surface area contributed by atoms with E-state index in [1.54, 1.807) is 48.8 Å². The minimum atomic E-state index is -1.96. The van der Waals surface area contributed by atoms with Gasteiger partial charge in [-0.15, -0.1) is 22.7 Å². The van der Waals surface area contributed by atoms with E-state index in [1.807, 2.05) is 42.5 Å². The Morgan fingerprint density at radius 2 is 1.20 bits per heavy atom. The number of amides is 4. The Morgan fingerprint density at radius 1 is 0.676 bits per heavy atom. The van der Waals surface area contributed by atoms with Crippen molar-refractivity contribution in [2.75, 3.05) is 18.4 Å². The summed E-state index contributed by atoms with van der Waals surface area (Å²) in [4.78, 5) is 84.3. The van der Waals surface area contributed by atoms with Crippen molar-refractivity contribution >= 4 is 91.3 Å². The van der Waals surface area contributed by atoms with Crippen LogP contribution in [-0.2, 0) is 31.7 Å². The number of fused-ring (bicyclic) bond motifs is 2. The van der Waals surface area contributed by atoms with Crippen LogP contribution in [0.2, 0.25) is 36.3 Å². The van der Waals surface area contributed by atoms with Crippen LogP contribution in [0.1, 0.15) is 114 Å². The monoisotopic (exact) mass is 1030 g/mol. The number of imide groups is 1. The van der Waals surface area contributed by atoms with Gasteiger partial charge in [-0.2, -0.15) is 0 Å². The quantitative estimate of drug-likeness (QED) is 0.0500. The number of hydrogen-bond acceptors (Lipinski definition) is 11. The van der Waals surface area contributed by atoms with Crippen LogP contribution < -0.4 is 10.6 Å². The van der Waals surface area contributed by atoms with E-state index in [4.69, 9.17) is 8.85 Å². The van der Waals surface area contributed by atoms with Crippen LogP contribution in [0.3, 0.4) is 0 Å². The highest BCUT2D eigenvalue weighted by atomic mass is 32.1. The summed E-state index contributed by atoms with van der Waals surface area (Å²) in [5, 5.41) is 26.5. The van der Waals surface area contributed by atoms with Gasteiger partial charge in [0, 0.05) is 56.1 Å². The number of rotatable bonds is 17. The highest BCUT2D eigenvalue weighted by Gasteiger charge is 2.40. The topological polar surface area (TPSA) is 202 Å². The van der Waals surface area contributed by atoms with Gasteiger partial charge in [-0.25, -0.2) is 4.79 Å². The average Bonchev–Trinajstić information content (AvgIpc) is 4.05. The number of carbonyl (C=O) groups is 6. The largest absolute Gasteiger partial charge is 0.481 e. The lowest BCUT2D eigenvalue weighted by atomic mass is 10.1. The second-order valence-corrected chi connectivity index (χ2v) is 32.4. The number of nitrogens with zero attached hydrogens (tertiary/aromatic N) is 2. The Hall–Kier alpha value is -6.16. The summed E-state index contributed by atoms with van der Waals surface area (Å²) in [6.07, 6.45) is 3.48. The standard InChI is InChI=1S/C31H33N3O4SSi.C22H29NO6SSi/c1-31(2,3)40(4,5)38-19-23-12-13-27(39-23)26(18-34-29(36)24-8-6-7-9-25(24)30(34)37)28(35)33-22-11-10-21-17-32-15-14-20(21)16-22;1-22(2,3)31(4,5)29-13-14-10-11-18(30-14)17(21(27)28)12-23-19(24)15-8-6-7-9-16(15)20(25)26/h6-17,26H,18-19H2,1-5H3,(H,33,35);6-11,17H,12-13H2,1-5H3,(H,23,24)(H,25,26)(H,27,28). The van der Waals surface area contributed by atoms with Gasteiger partial charge < -0.3 is 29.7 Å². The fourth-order valence-electron chi connectivity index (χ4n) is 7.00. The van der Waals surface area contributed by atoms with Crippen molar-refractivity contribution in [3.8, 4) is 0 Å². The summed E-state index contributed by atoms with van der Waals surface area (Å²) in [5.41, 5.74) is 1.23. The fraction of sp³-hybridized carbons (Fsp3) is 0.340. The smallest absolute Gasteiger partial charge is 0.336 e. The Kier molecular flexibility index (Phi) is 16.9. The molecular weight excluding hydrogens is 973 g/mol. The number of aromatic nitrogens is 1. The van der Waals surface area contributed by atoms with Crippen LogP contribution in [0.15, 0.2) is 109 Å². The summed E-state index contributed by atoms with van der Waals surface area (Å²) in [6, 6.07) is 27.6. The SMILES string of the molecule is CC(C)(C)[Si](C)(C)OCc1ccc(C(CN2C(=O)c3ccccc3C2=O)C(=O)Nc2ccc3cnccc3c2)s1.CC(C)(C)[Si](C)(C)OCc1ccc(C(CNC(=O)c2ccccc2C(=O)O)C(=O)O)s1. The number of carbonyl (C=O) groups excluding carboxylic acids is 4. The molecule has 2 unspecified atom stereocenters. The van der Waals surface area contributed by atoms with Gasteiger partial charge in [0.1, 0.15) is 5.92 Å². The molecule has 0 bridgehead atoms. The number of thiophene rings is 2. The van der Waals surface area contributed by atoms with E-state index >= 15 is 0 Å². The van der Waals surface area contributed by atoms with Crippen LogP contribution in [0, 0.1) is 0 Å². The van der Waals surface area contributed by atoms with E-state index in [2.05, 4.69) is 83.3 Å². The highest BCUT2D eigenvalue weighted by Crippen LogP contribution is 2.39. The number of hydrogen-bond donors (Lipinski definition) is 4. The summed E-state index contributed by atoms with van der Waals surface area (Å²) in [5.74, 6) is -5.64. The van der Waals surface area contributed by atoms with Crippen molar-refractivity contribution in [1.29, 1.82) is 0 Å². The normalized spacial score (nSPS) is 13.8. The molecule has 1 aliphatic heterocycles. The maximum Gasteiger partial charge on any atom is 0.336 e. The van der Waals surface area contributed by atoms with Gasteiger partial charge in [-0.05, 0) is 108 Å². The zero-order valence-electron chi connectivity index (χ0n) is 41.7. The van der Waals surface area contributed by atoms with E-state index in [-0.39, 0.29) is 52.0 Å². The van der Waals surface area contributed by atoms with Gasteiger partial charge in [-0.1, -0.05) is 71.9 Å². The second-order valence-electron chi connectivity index (χ2n) is 20.4. The summed E-state index contributed by atoms with van der Waals surface area (Å²) >= 11 is 2.83. The molecule has 0 radical (unpaired) electrons.